The molecule has 0 aliphatic heterocycles. The van der Waals surface area contributed by atoms with E-state index < -0.39 is 0 Å². The molecular weight excluding hydrogens is 289 g/mol. The van der Waals surface area contributed by atoms with Gasteiger partial charge in [0.15, 0.2) is 0 Å². The van der Waals surface area contributed by atoms with Crippen molar-refractivity contribution in [2.24, 2.45) is 11.7 Å². The Morgan fingerprint density at radius 3 is 2.81 bits per heavy atom. The maximum Gasteiger partial charge on any atom is 0.142 e. The van der Waals surface area contributed by atoms with E-state index in [-0.39, 0.29) is 0 Å². The van der Waals surface area contributed by atoms with Crippen LogP contribution in [0.25, 0.3) is 0 Å². The number of halogens is 2. The van der Waals surface area contributed by atoms with Crippen LogP contribution >= 0.6 is 27.5 Å². The number of anilines is 1. The molecule has 1 unspecified atom stereocenters. The van der Waals surface area contributed by atoms with E-state index in [0.29, 0.717) is 17.5 Å². The molecule has 90 valence electrons. The van der Waals surface area contributed by atoms with Crippen molar-refractivity contribution in [3.8, 4) is 0 Å². The summed E-state index contributed by atoms with van der Waals surface area (Å²) in [5, 5.41) is 0.638. The Kier molecular flexibility index (Phi) is 5.52. The highest BCUT2D eigenvalue weighted by atomic mass is 79.9. The van der Waals surface area contributed by atoms with Gasteiger partial charge in [0.1, 0.15) is 5.82 Å². The standard InChI is InChI=1S/C11H17BrClN3/c1-3-16(7-8(2)5-14)11-10(12)4-9(13)6-15-11/h4,6,8H,3,5,7,14H2,1-2H3. The molecule has 0 saturated heterocycles. The molecule has 1 aromatic rings. The number of pyridine rings is 1. The molecule has 0 saturated carbocycles. The molecule has 0 fully saturated rings. The maximum atomic E-state index is 5.87. The van der Waals surface area contributed by atoms with Crippen LogP contribution in [0, 0.1) is 5.92 Å². The van der Waals surface area contributed by atoms with Crippen molar-refractivity contribution in [2.45, 2.75) is 13.8 Å². The van der Waals surface area contributed by atoms with Crippen LogP contribution in [-0.4, -0.2) is 24.6 Å². The fraction of sp³-hybridized carbons (Fsp3) is 0.545. The summed E-state index contributed by atoms with van der Waals surface area (Å²) in [4.78, 5) is 6.54. The Bertz CT molecular complexity index is 346. The Balaban J connectivity index is 2.86. The molecule has 2 N–H and O–H groups in total. The lowest BCUT2D eigenvalue weighted by atomic mass is 10.1. The topological polar surface area (TPSA) is 42.1 Å². The second kappa shape index (κ2) is 6.42. The molecule has 0 radical (unpaired) electrons. The zero-order chi connectivity index (χ0) is 12.1. The summed E-state index contributed by atoms with van der Waals surface area (Å²) in [5.41, 5.74) is 5.64. The van der Waals surface area contributed by atoms with Gasteiger partial charge in [-0.25, -0.2) is 4.98 Å². The lowest BCUT2D eigenvalue weighted by Gasteiger charge is -2.25. The van der Waals surface area contributed by atoms with E-state index >= 15 is 0 Å². The molecule has 0 aromatic carbocycles. The zero-order valence-electron chi connectivity index (χ0n) is 9.58. The first-order valence-corrected chi connectivity index (χ1v) is 6.51. The van der Waals surface area contributed by atoms with Gasteiger partial charge in [0.05, 0.1) is 9.50 Å². The molecule has 0 amide bonds. The fourth-order valence-corrected chi connectivity index (χ4v) is 2.35. The van der Waals surface area contributed by atoms with E-state index in [1.807, 2.05) is 6.07 Å². The molecule has 0 bridgehead atoms. The summed E-state index contributed by atoms with van der Waals surface area (Å²) >= 11 is 9.35. The van der Waals surface area contributed by atoms with Gasteiger partial charge in [0.25, 0.3) is 0 Å². The fourth-order valence-electron chi connectivity index (χ4n) is 1.46. The average molecular weight is 307 g/mol. The smallest absolute Gasteiger partial charge is 0.142 e. The van der Waals surface area contributed by atoms with E-state index in [1.165, 1.54) is 0 Å². The minimum absolute atomic E-state index is 0.448. The maximum absolute atomic E-state index is 5.87. The van der Waals surface area contributed by atoms with Gasteiger partial charge in [0, 0.05) is 19.3 Å². The Labute approximate surface area is 110 Å². The summed E-state index contributed by atoms with van der Waals surface area (Å²) < 4.78 is 0.922. The number of nitrogens with two attached hydrogens (primary N) is 1. The number of hydrogen-bond acceptors (Lipinski definition) is 3. The van der Waals surface area contributed by atoms with Crippen molar-refractivity contribution < 1.29 is 0 Å². The summed E-state index contributed by atoms with van der Waals surface area (Å²) in [6.45, 7) is 6.72. The molecule has 1 atom stereocenters. The van der Waals surface area contributed by atoms with Crippen LogP contribution in [-0.2, 0) is 0 Å². The molecule has 5 heteroatoms. The number of aromatic nitrogens is 1. The normalized spacial score (nSPS) is 12.6. The highest BCUT2D eigenvalue weighted by Crippen LogP contribution is 2.26. The highest BCUT2D eigenvalue weighted by Gasteiger charge is 2.12. The molecule has 16 heavy (non-hydrogen) atoms. The highest BCUT2D eigenvalue weighted by molar-refractivity contribution is 9.10. The molecule has 3 nitrogen and oxygen atoms in total. The van der Waals surface area contributed by atoms with Gasteiger partial charge in [-0.3, -0.25) is 0 Å². The van der Waals surface area contributed by atoms with E-state index in [2.05, 4.69) is 39.7 Å². The Morgan fingerprint density at radius 1 is 1.62 bits per heavy atom. The lowest BCUT2D eigenvalue weighted by Crippen LogP contribution is -2.32. The first kappa shape index (κ1) is 13.7. The first-order chi connectivity index (χ1) is 7.58. The molecular formula is C11H17BrClN3. The molecule has 0 spiro atoms. The van der Waals surface area contributed by atoms with E-state index in [9.17, 15) is 0 Å². The number of rotatable bonds is 5. The molecule has 1 heterocycles. The quantitative estimate of drug-likeness (QED) is 0.909. The van der Waals surface area contributed by atoms with Gasteiger partial charge >= 0.3 is 0 Å². The second-order valence-corrected chi connectivity index (χ2v) is 5.13. The second-order valence-electron chi connectivity index (χ2n) is 3.84. The van der Waals surface area contributed by atoms with Crippen LogP contribution in [0.3, 0.4) is 0 Å². The largest absolute Gasteiger partial charge is 0.356 e. The Hall–Kier alpha value is -0.320. The molecule has 1 rings (SSSR count). The predicted octanol–water partition coefficient (Wildman–Crippen LogP) is 2.92. The average Bonchev–Trinajstić information content (AvgIpc) is 2.26. The van der Waals surface area contributed by atoms with Crippen LogP contribution in [0.15, 0.2) is 16.7 Å². The van der Waals surface area contributed by atoms with Crippen LogP contribution in [0.4, 0.5) is 5.82 Å². The van der Waals surface area contributed by atoms with E-state index in [1.54, 1.807) is 6.20 Å². The van der Waals surface area contributed by atoms with Crippen molar-refractivity contribution in [3.05, 3.63) is 21.8 Å². The predicted molar refractivity (Wildman–Crippen MR) is 73.1 cm³/mol. The van der Waals surface area contributed by atoms with Crippen molar-refractivity contribution in [2.75, 3.05) is 24.5 Å². The SMILES string of the molecule is CCN(CC(C)CN)c1ncc(Cl)cc1Br. The van der Waals surface area contributed by atoms with Crippen LogP contribution in [0.1, 0.15) is 13.8 Å². The summed E-state index contributed by atoms with van der Waals surface area (Å²) in [5.74, 6) is 1.37. The van der Waals surface area contributed by atoms with Gasteiger partial charge in [0.2, 0.25) is 0 Å². The third-order valence-corrected chi connectivity index (χ3v) is 3.19. The third kappa shape index (κ3) is 3.61. The number of nitrogens with zero attached hydrogens (tertiary/aromatic N) is 2. The van der Waals surface area contributed by atoms with Gasteiger partial charge in [-0.15, -0.1) is 0 Å². The van der Waals surface area contributed by atoms with E-state index in [4.69, 9.17) is 17.3 Å². The number of hydrogen-bond donors (Lipinski definition) is 1. The van der Waals surface area contributed by atoms with Gasteiger partial charge in [-0.2, -0.15) is 0 Å². The lowest BCUT2D eigenvalue weighted by molar-refractivity contribution is 0.572. The van der Waals surface area contributed by atoms with Crippen molar-refractivity contribution in [1.82, 2.24) is 4.98 Å². The van der Waals surface area contributed by atoms with Gasteiger partial charge in [-0.05, 0) is 41.4 Å². The first-order valence-electron chi connectivity index (χ1n) is 5.34. The molecule has 0 aliphatic carbocycles. The van der Waals surface area contributed by atoms with Crippen molar-refractivity contribution in [1.29, 1.82) is 0 Å². The van der Waals surface area contributed by atoms with Crippen molar-refractivity contribution >= 4 is 33.3 Å². The minimum Gasteiger partial charge on any atom is -0.356 e. The monoisotopic (exact) mass is 305 g/mol. The minimum atomic E-state index is 0.448. The van der Waals surface area contributed by atoms with Crippen LogP contribution < -0.4 is 10.6 Å². The van der Waals surface area contributed by atoms with Gasteiger partial charge < -0.3 is 10.6 Å². The zero-order valence-corrected chi connectivity index (χ0v) is 11.9. The van der Waals surface area contributed by atoms with Gasteiger partial charge in [-0.1, -0.05) is 18.5 Å². The summed E-state index contributed by atoms with van der Waals surface area (Å²) in [6.07, 6.45) is 1.66. The third-order valence-electron chi connectivity index (χ3n) is 2.40. The summed E-state index contributed by atoms with van der Waals surface area (Å²) in [6, 6.07) is 1.86. The van der Waals surface area contributed by atoms with Crippen LogP contribution in [0.2, 0.25) is 5.02 Å². The van der Waals surface area contributed by atoms with Crippen LogP contribution in [0.5, 0.6) is 0 Å². The Morgan fingerprint density at radius 2 is 2.31 bits per heavy atom. The summed E-state index contributed by atoms with van der Waals surface area (Å²) in [7, 11) is 0. The van der Waals surface area contributed by atoms with E-state index in [0.717, 1.165) is 23.4 Å². The molecule has 0 aliphatic rings. The molecule has 1 aromatic heterocycles. The van der Waals surface area contributed by atoms with Crippen molar-refractivity contribution in [3.63, 3.8) is 0 Å².